The lowest BCUT2D eigenvalue weighted by molar-refractivity contribution is -0.116. The number of pyridine rings is 1. The van der Waals surface area contributed by atoms with Crippen LogP contribution in [0.25, 0.3) is 0 Å². The first-order valence-corrected chi connectivity index (χ1v) is 9.52. The van der Waals surface area contributed by atoms with E-state index in [1.54, 1.807) is 0 Å². The molecule has 0 bridgehead atoms. The van der Waals surface area contributed by atoms with Gasteiger partial charge in [0.25, 0.3) is 15.6 Å². The van der Waals surface area contributed by atoms with Crippen LogP contribution in [0.3, 0.4) is 0 Å². The zero-order valence-corrected chi connectivity index (χ0v) is 15.6. The molecule has 0 atom stereocenters. The number of hydrogen-bond donors (Lipinski definition) is 2. The number of nitrogens with one attached hydrogen (secondary N) is 2. The van der Waals surface area contributed by atoms with Gasteiger partial charge in [-0.15, -0.1) is 11.3 Å². The van der Waals surface area contributed by atoms with Crippen LogP contribution < -0.4 is 10.9 Å². The van der Waals surface area contributed by atoms with Crippen molar-refractivity contribution in [2.75, 3.05) is 18.9 Å². The maximum Gasteiger partial charge on any atom is 0.271 e. The third-order valence-electron chi connectivity index (χ3n) is 2.72. The molecule has 0 fully saturated rings. The first-order chi connectivity index (χ1) is 10.7. The summed E-state index contributed by atoms with van der Waals surface area (Å²) < 4.78 is 26.4. The Bertz CT molecular complexity index is 894. The number of amides is 1. The lowest BCUT2D eigenvalue weighted by Crippen LogP contribution is -2.35. The normalized spacial score (nSPS) is 11.7. The quantitative estimate of drug-likeness (QED) is 0.744. The molecule has 0 aliphatic rings. The van der Waals surface area contributed by atoms with Crippen molar-refractivity contribution in [1.82, 2.24) is 9.29 Å². The number of halogens is 2. The highest BCUT2D eigenvalue weighted by Gasteiger charge is 2.24. The fourth-order valence-corrected chi connectivity index (χ4v) is 4.78. The minimum Gasteiger partial charge on any atom is -0.326 e. The second-order valence-corrected chi connectivity index (χ2v) is 9.33. The number of sulfonamides is 1. The van der Waals surface area contributed by atoms with Gasteiger partial charge >= 0.3 is 0 Å². The molecule has 0 aliphatic carbocycles. The standard InChI is InChI=1S/C12H11BrClN3O4S2/c1-17(23(20,21)11-3-2-9(14)22-11)6-10(18)16-8-4-7(13)5-15-12(8)19/h2-5H,6H2,1H3,(H,15,19)(H,16,18). The zero-order valence-electron chi connectivity index (χ0n) is 11.7. The van der Waals surface area contributed by atoms with Gasteiger partial charge in [0.2, 0.25) is 5.91 Å². The Balaban J connectivity index is 2.10. The molecule has 2 heterocycles. The van der Waals surface area contributed by atoms with Crippen LogP contribution in [-0.2, 0) is 14.8 Å². The van der Waals surface area contributed by atoms with E-state index in [2.05, 4.69) is 26.2 Å². The largest absolute Gasteiger partial charge is 0.326 e. The van der Waals surface area contributed by atoms with Gasteiger partial charge in [-0.05, 0) is 34.1 Å². The molecular formula is C12H11BrClN3O4S2. The Kier molecular flexibility index (Phi) is 5.63. The molecule has 2 aromatic rings. The van der Waals surface area contributed by atoms with Gasteiger partial charge in [0.15, 0.2) is 0 Å². The topological polar surface area (TPSA) is 99.3 Å². The lowest BCUT2D eigenvalue weighted by atomic mass is 10.4. The summed E-state index contributed by atoms with van der Waals surface area (Å²) in [5, 5.41) is 2.37. The number of carbonyl (C=O) groups excluding carboxylic acids is 1. The summed E-state index contributed by atoms with van der Waals surface area (Å²) in [5.74, 6) is -0.637. The third-order valence-corrected chi connectivity index (χ3v) is 6.68. The molecule has 2 aromatic heterocycles. The van der Waals surface area contributed by atoms with Crippen LogP contribution in [-0.4, -0.2) is 37.2 Å². The second kappa shape index (κ2) is 7.14. The Morgan fingerprint density at radius 2 is 2.17 bits per heavy atom. The van der Waals surface area contributed by atoms with Gasteiger partial charge in [-0.2, -0.15) is 4.31 Å². The van der Waals surface area contributed by atoms with E-state index < -0.39 is 28.0 Å². The molecule has 124 valence electrons. The number of carbonyl (C=O) groups is 1. The molecule has 0 radical (unpaired) electrons. The summed E-state index contributed by atoms with van der Waals surface area (Å²) in [4.78, 5) is 26.0. The van der Waals surface area contributed by atoms with Gasteiger partial charge in [-0.1, -0.05) is 11.6 Å². The molecule has 0 unspecified atom stereocenters. The zero-order chi connectivity index (χ0) is 17.2. The van der Waals surface area contributed by atoms with Crippen LogP contribution in [0.4, 0.5) is 5.69 Å². The van der Waals surface area contributed by atoms with E-state index in [1.807, 2.05) is 0 Å². The highest BCUT2D eigenvalue weighted by atomic mass is 79.9. The number of rotatable bonds is 5. The van der Waals surface area contributed by atoms with Crippen molar-refractivity contribution in [3.05, 3.63) is 43.6 Å². The monoisotopic (exact) mass is 439 g/mol. The number of hydrogen-bond acceptors (Lipinski definition) is 5. The molecule has 0 spiro atoms. The molecule has 1 amide bonds. The van der Waals surface area contributed by atoms with E-state index in [0.717, 1.165) is 15.6 Å². The van der Waals surface area contributed by atoms with Crippen LogP contribution in [0, 0.1) is 0 Å². The first-order valence-electron chi connectivity index (χ1n) is 6.10. The molecule has 0 saturated carbocycles. The lowest BCUT2D eigenvalue weighted by Gasteiger charge is -2.15. The maximum atomic E-state index is 12.3. The average molecular weight is 441 g/mol. The Morgan fingerprint density at radius 3 is 2.78 bits per heavy atom. The maximum absolute atomic E-state index is 12.3. The van der Waals surface area contributed by atoms with Gasteiger partial charge in [0, 0.05) is 17.7 Å². The van der Waals surface area contributed by atoms with E-state index in [0.29, 0.717) is 8.81 Å². The summed E-state index contributed by atoms with van der Waals surface area (Å²) in [5.41, 5.74) is -0.466. The summed E-state index contributed by atoms with van der Waals surface area (Å²) in [7, 11) is -2.54. The molecule has 2 N–H and O–H groups in total. The number of nitrogens with zero attached hydrogens (tertiary/aromatic N) is 1. The summed E-state index contributed by atoms with van der Waals surface area (Å²) >= 11 is 9.79. The van der Waals surface area contributed by atoms with Gasteiger partial charge < -0.3 is 10.3 Å². The van der Waals surface area contributed by atoms with Crippen molar-refractivity contribution < 1.29 is 13.2 Å². The molecule has 0 aromatic carbocycles. The molecule has 11 heteroatoms. The number of anilines is 1. The van der Waals surface area contributed by atoms with E-state index >= 15 is 0 Å². The van der Waals surface area contributed by atoms with Crippen molar-refractivity contribution in [1.29, 1.82) is 0 Å². The van der Waals surface area contributed by atoms with Crippen LogP contribution in [0.2, 0.25) is 4.34 Å². The number of aromatic nitrogens is 1. The van der Waals surface area contributed by atoms with Crippen LogP contribution >= 0.6 is 38.9 Å². The van der Waals surface area contributed by atoms with Crippen molar-refractivity contribution in [2.24, 2.45) is 0 Å². The molecular weight excluding hydrogens is 430 g/mol. The Hall–Kier alpha value is -1.20. The number of aromatic amines is 1. The van der Waals surface area contributed by atoms with Crippen molar-refractivity contribution in [3.63, 3.8) is 0 Å². The van der Waals surface area contributed by atoms with Crippen molar-refractivity contribution >= 4 is 60.5 Å². The van der Waals surface area contributed by atoms with Gasteiger partial charge in [-0.3, -0.25) is 9.59 Å². The highest BCUT2D eigenvalue weighted by molar-refractivity contribution is 9.10. The first kappa shape index (κ1) is 18.1. The molecule has 0 saturated heterocycles. The van der Waals surface area contributed by atoms with E-state index in [9.17, 15) is 18.0 Å². The minimum absolute atomic E-state index is 0.0225. The molecule has 0 aliphatic heterocycles. The highest BCUT2D eigenvalue weighted by Crippen LogP contribution is 2.27. The van der Waals surface area contributed by atoms with E-state index in [-0.39, 0.29) is 9.90 Å². The fraction of sp³-hybridized carbons (Fsp3) is 0.167. The van der Waals surface area contributed by atoms with Crippen molar-refractivity contribution in [2.45, 2.75) is 4.21 Å². The SMILES string of the molecule is CN(CC(=O)Nc1cc(Br)c[nH]c1=O)S(=O)(=O)c1ccc(Cl)s1. The smallest absolute Gasteiger partial charge is 0.271 e. The minimum atomic E-state index is -3.81. The Labute approximate surface area is 149 Å². The van der Waals surface area contributed by atoms with E-state index in [4.69, 9.17) is 11.6 Å². The van der Waals surface area contributed by atoms with Gasteiger partial charge in [-0.25, -0.2) is 8.42 Å². The van der Waals surface area contributed by atoms with Gasteiger partial charge in [0.05, 0.1) is 10.9 Å². The van der Waals surface area contributed by atoms with Crippen LogP contribution in [0.5, 0.6) is 0 Å². The van der Waals surface area contributed by atoms with Gasteiger partial charge in [0.1, 0.15) is 9.90 Å². The predicted octanol–water partition coefficient (Wildman–Crippen LogP) is 2.11. The summed E-state index contributed by atoms with van der Waals surface area (Å²) in [6.07, 6.45) is 1.43. The molecule has 2 rings (SSSR count). The van der Waals surface area contributed by atoms with Crippen LogP contribution in [0.1, 0.15) is 0 Å². The van der Waals surface area contributed by atoms with Crippen LogP contribution in [0.15, 0.2) is 37.9 Å². The predicted molar refractivity (Wildman–Crippen MR) is 92.5 cm³/mol. The average Bonchev–Trinajstić information content (AvgIpc) is 2.90. The Morgan fingerprint density at radius 1 is 1.48 bits per heavy atom. The van der Waals surface area contributed by atoms with E-state index in [1.165, 1.54) is 31.4 Å². The van der Waals surface area contributed by atoms with Crippen molar-refractivity contribution in [3.8, 4) is 0 Å². The second-order valence-electron chi connectivity index (χ2n) is 4.43. The number of thiophene rings is 1. The number of H-pyrrole nitrogens is 1. The number of likely N-dealkylation sites (N-methyl/N-ethyl adjacent to an activating group) is 1. The molecule has 23 heavy (non-hydrogen) atoms. The fourth-order valence-electron chi connectivity index (χ4n) is 1.62. The summed E-state index contributed by atoms with van der Waals surface area (Å²) in [6.45, 7) is -0.441. The third kappa shape index (κ3) is 4.42. The molecule has 7 nitrogen and oxygen atoms in total. The summed E-state index contributed by atoms with van der Waals surface area (Å²) in [6, 6.07) is 4.26.